The summed E-state index contributed by atoms with van der Waals surface area (Å²) in [6.45, 7) is 3.66. The molecule has 0 aliphatic carbocycles. The van der Waals surface area contributed by atoms with Gasteiger partial charge in [-0.25, -0.2) is 9.69 Å². The summed E-state index contributed by atoms with van der Waals surface area (Å²) in [6, 6.07) is 0. The minimum Gasteiger partial charge on any atom is -0.800 e. The van der Waals surface area contributed by atoms with Gasteiger partial charge in [0, 0.05) is 61.0 Å². The summed E-state index contributed by atoms with van der Waals surface area (Å²) in [7, 11) is 0. The van der Waals surface area contributed by atoms with Gasteiger partial charge in [-0.3, -0.25) is 4.98 Å². The molecule has 1 fully saturated rings. The summed E-state index contributed by atoms with van der Waals surface area (Å²) >= 11 is 10.1. The van der Waals surface area contributed by atoms with Crippen LogP contribution in [0.4, 0.5) is 5.82 Å². The van der Waals surface area contributed by atoms with Gasteiger partial charge in [-0.05, 0) is 0 Å². The average molecular weight is 437 g/mol. The molecule has 1 saturated heterocycles. The minimum atomic E-state index is -0.186. The Bertz CT molecular complexity index is 304. The molecule has 7 heteroatoms. The van der Waals surface area contributed by atoms with Gasteiger partial charge in [0.1, 0.15) is 5.82 Å². The molecule has 0 aromatic carbocycles. The van der Waals surface area contributed by atoms with E-state index in [9.17, 15) is 0 Å². The van der Waals surface area contributed by atoms with Gasteiger partial charge in [-0.2, -0.15) is 0 Å². The van der Waals surface area contributed by atoms with Gasteiger partial charge >= 0.3 is 0 Å². The summed E-state index contributed by atoms with van der Waals surface area (Å²) in [5.74, 6) is 0.933. The molecular weight excluding hydrogens is 425 g/mol. The fraction of sp³-hybridized carbons (Fsp3) is 0.556. The van der Waals surface area contributed by atoms with E-state index in [0.717, 1.165) is 32.0 Å². The molecule has 16 heavy (non-hydrogen) atoms. The van der Waals surface area contributed by atoms with Crippen LogP contribution >= 0.6 is 0 Å². The molecule has 1 aliphatic rings. The molecule has 0 saturated carbocycles. The quantitative estimate of drug-likeness (QED) is 0.478. The van der Waals surface area contributed by atoms with E-state index in [2.05, 4.69) is 19.8 Å². The topological polar surface area (TPSA) is 32.3 Å². The number of nitrogens with zero attached hydrogens (tertiary/aromatic N) is 4. The van der Waals surface area contributed by atoms with Crippen molar-refractivity contribution in [2.24, 2.45) is 0 Å². The third-order valence-corrected chi connectivity index (χ3v) is 3.08. The Labute approximate surface area is 122 Å². The molecule has 0 atom stereocenters. The van der Waals surface area contributed by atoms with Gasteiger partial charge in [0.15, 0.2) is 0 Å². The normalized spacial score (nSPS) is 17.3. The van der Waals surface area contributed by atoms with E-state index in [0.29, 0.717) is 0 Å². The molecule has 0 unspecified atom stereocenters. The summed E-state index contributed by atoms with van der Waals surface area (Å²) in [5.41, 5.74) is 0. The van der Waals surface area contributed by atoms with Gasteiger partial charge in [0.05, 0.1) is 6.20 Å². The van der Waals surface area contributed by atoms with Crippen LogP contribution in [0, 0.1) is 0 Å². The van der Waals surface area contributed by atoms with Crippen LogP contribution in [0.25, 0.3) is 0 Å². The maximum Gasteiger partial charge on any atom is 0.147 e. The summed E-state index contributed by atoms with van der Waals surface area (Å²) in [5, 5.41) is 0. The Morgan fingerprint density at radius 1 is 1.12 bits per heavy atom. The first kappa shape index (κ1) is 14.3. The Morgan fingerprint density at radius 3 is 2.31 bits per heavy atom. The van der Waals surface area contributed by atoms with Crippen molar-refractivity contribution in [1.29, 1.82) is 0 Å². The molecule has 4 nitrogen and oxygen atoms in total. The van der Waals surface area contributed by atoms with Crippen molar-refractivity contribution >= 4 is 31.1 Å². The number of aromatic nitrogens is 2. The third kappa shape index (κ3) is 3.65. The standard InChI is InChI=1S/C9H14N4S2.Au/c14-9(15)13-5-3-12(4-6-13)8-7-10-1-2-11-8;/h1-2,7,9,14-15H,3-6H2;/p-2. The SMILES string of the molecule is [Au].[S-]C([S-])N1CCN(c2cnccn2)CC1. The Balaban J connectivity index is 0.00000128. The van der Waals surface area contributed by atoms with Gasteiger partial charge in [0.2, 0.25) is 0 Å². The second-order valence-electron chi connectivity index (χ2n) is 3.39. The molecule has 0 bridgehead atoms. The summed E-state index contributed by atoms with van der Waals surface area (Å²) in [4.78, 5) is 12.6. The first-order chi connectivity index (χ1) is 7.27. The van der Waals surface area contributed by atoms with Crippen molar-refractivity contribution in [1.82, 2.24) is 14.9 Å². The molecular formula is C9H12AuN4S2-2. The number of hydrogen-bond donors (Lipinski definition) is 0. The second kappa shape index (κ2) is 6.88. The Hall–Kier alpha value is 0.280. The monoisotopic (exact) mass is 437 g/mol. The largest absolute Gasteiger partial charge is 0.800 e. The van der Waals surface area contributed by atoms with E-state index in [1.807, 2.05) is 0 Å². The second-order valence-corrected chi connectivity index (χ2v) is 4.59. The van der Waals surface area contributed by atoms with Crippen molar-refractivity contribution in [2.45, 2.75) is 4.71 Å². The molecule has 0 amide bonds. The van der Waals surface area contributed by atoms with Gasteiger partial charge in [0.25, 0.3) is 0 Å². The van der Waals surface area contributed by atoms with Gasteiger partial charge < -0.3 is 35.1 Å². The molecule has 1 radical (unpaired) electrons. The van der Waals surface area contributed by atoms with Crippen LogP contribution in [0.2, 0.25) is 0 Å². The molecule has 2 heterocycles. The first-order valence-electron chi connectivity index (χ1n) is 4.84. The zero-order chi connectivity index (χ0) is 10.7. The molecule has 0 spiro atoms. The fourth-order valence-electron chi connectivity index (χ4n) is 1.62. The zero-order valence-electron chi connectivity index (χ0n) is 8.54. The summed E-state index contributed by atoms with van der Waals surface area (Å²) < 4.78 is -0.186. The molecule has 0 N–H and O–H groups in total. The molecule has 1 aromatic heterocycles. The number of rotatable bonds is 2. The van der Waals surface area contributed by atoms with Crippen molar-refractivity contribution in [3.63, 3.8) is 0 Å². The number of anilines is 1. The van der Waals surface area contributed by atoms with Crippen molar-refractivity contribution in [3.8, 4) is 0 Å². The molecule has 1 aliphatic heterocycles. The van der Waals surface area contributed by atoms with Crippen LogP contribution in [0.1, 0.15) is 0 Å². The molecule has 2 rings (SSSR count). The summed E-state index contributed by atoms with van der Waals surface area (Å²) in [6.07, 6.45) is 5.18. The van der Waals surface area contributed by atoms with Gasteiger partial charge in [-0.15, -0.1) is 0 Å². The third-order valence-electron chi connectivity index (χ3n) is 2.49. The Kier molecular flexibility index (Phi) is 6.17. The van der Waals surface area contributed by atoms with E-state index in [-0.39, 0.29) is 27.1 Å². The minimum absolute atomic E-state index is 0. The van der Waals surface area contributed by atoms with Crippen molar-refractivity contribution < 1.29 is 22.4 Å². The number of hydrogen-bond acceptors (Lipinski definition) is 6. The van der Waals surface area contributed by atoms with Crippen molar-refractivity contribution in [3.05, 3.63) is 18.6 Å². The van der Waals surface area contributed by atoms with E-state index < -0.39 is 0 Å². The van der Waals surface area contributed by atoms with E-state index in [1.54, 1.807) is 18.6 Å². The number of piperazine rings is 1. The van der Waals surface area contributed by atoms with E-state index in [1.165, 1.54) is 0 Å². The molecule has 93 valence electrons. The Morgan fingerprint density at radius 2 is 1.81 bits per heavy atom. The maximum atomic E-state index is 5.05. The average Bonchev–Trinajstić information content (AvgIpc) is 2.30. The van der Waals surface area contributed by atoms with Crippen LogP contribution in [-0.2, 0) is 47.6 Å². The van der Waals surface area contributed by atoms with Crippen LogP contribution in [-0.4, -0.2) is 45.8 Å². The first-order valence-corrected chi connectivity index (χ1v) is 5.78. The predicted octanol–water partition coefficient (Wildman–Crippen LogP) is -0.0265. The molecule has 1 aromatic rings. The maximum absolute atomic E-state index is 5.05. The zero-order valence-corrected chi connectivity index (χ0v) is 12.3. The fourth-order valence-corrected chi connectivity index (χ4v) is 2.04. The van der Waals surface area contributed by atoms with Crippen LogP contribution in [0.3, 0.4) is 0 Å². The van der Waals surface area contributed by atoms with Gasteiger partial charge in [-0.1, -0.05) is 0 Å². The van der Waals surface area contributed by atoms with Crippen LogP contribution in [0.15, 0.2) is 18.6 Å². The van der Waals surface area contributed by atoms with E-state index >= 15 is 0 Å². The smallest absolute Gasteiger partial charge is 0.147 e. The van der Waals surface area contributed by atoms with Crippen LogP contribution in [0.5, 0.6) is 0 Å². The van der Waals surface area contributed by atoms with Crippen LogP contribution < -0.4 is 4.90 Å². The van der Waals surface area contributed by atoms with E-state index in [4.69, 9.17) is 25.3 Å². The van der Waals surface area contributed by atoms with Crippen molar-refractivity contribution in [2.75, 3.05) is 31.1 Å². The predicted molar refractivity (Wildman–Crippen MR) is 64.3 cm³/mol.